The molecule has 2 aliphatic rings. The molecular formula is C14H28N2O. The molecule has 3 heteroatoms. The molecule has 2 aliphatic heterocycles. The Morgan fingerprint density at radius 3 is 2.88 bits per heavy atom. The summed E-state index contributed by atoms with van der Waals surface area (Å²) in [6, 6.07) is 0.727. The minimum absolute atomic E-state index is 0.510. The van der Waals surface area contributed by atoms with E-state index in [1.165, 1.54) is 58.2 Å². The number of ether oxygens (including phenoxy) is 1. The van der Waals surface area contributed by atoms with Gasteiger partial charge in [-0.15, -0.1) is 0 Å². The average molecular weight is 240 g/mol. The van der Waals surface area contributed by atoms with Crippen molar-refractivity contribution >= 4 is 0 Å². The van der Waals surface area contributed by atoms with Crippen molar-refractivity contribution in [3.8, 4) is 0 Å². The molecule has 0 aromatic rings. The zero-order chi connectivity index (χ0) is 11.9. The molecule has 0 aromatic heterocycles. The normalized spacial score (nSPS) is 33.0. The SMILES string of the molecule is CCC1CCN(CC2CCCCO2)CCCN1. The van der Waals surface area contributed by atoms with Gasteiger partial charge in [-0.25, -0.2) is 0 Å². The van der Waals surface area contributed by atoms with Gasteiger partial charge in [0.15, 0.2) is 0 Å². The van der Waals surface area contributed by atoms with Crippen LogP contribution in [0, 0.1) is 0 Å². The van der Waals surface area contributed by atoms with E-state index in [2.05, 4.69) is 17.1 Å². The summed E-state index contributed by atoms with van der Waals surface area (Å²) in [5.74, 6) is 0. The Morgan fingerprint density at radius 1 is 1.18 bits per heavy atom. The van der Waals surface area contributed by atoms with Gasteiger partial charge in [0.05, 0.1) is 6.10 Å². The zero-order valence-electron chi connectivity index (χ0n) is 11.3. The molecule has 0 saturated carbocycles. The fourth-order valence-corrected chi connectivity index (χ4v) is 2.93. The summed E-state index contributed by atoms with van der Waals surface area (Å²) < 4.78 is 5.85. The molecule has 2 atom stereocenters. The lowest BCUT2D eigenvalue weighted by molar-refractivity contribution is -0.00719. The van der Waals surface area contributed by atoms with E-state index in [0.29, 0.717) is 6.10 Å². The van der Waals surface area contributed by atoms with Crippen LogP contribution in [0.15, 0.2) is 0 Å². The van der Waals surface area contributed by atoms with E-state index in [-0.39, 0.29) is 0 Å². The van der Waals surface area contributed by atoms with E-state index in [1.807, 2.05) is 0 Å². The first kappa shape index (κ1) is 13.3. The molecule has 17 heavy (non-hydrogen) atoms. The maximum Gasteiger partial charge on any atom is 0.0702 e. The van der Waals surface area contributed by atoms with Crippen molar-refractivity contribution in [2.24, 2.45) is 0 Å². The van der Waals surface area contributed by atoms with Crippen molar-refractivity contribution in [1.29, 1.82) is 0 Å². The van der Waals surface area contributed by atoms with Gasteiger partial charge in [-0.05, 0) is 58.2 Å². The number of nitrogens with one attached hydrogen (secondary N) is 1. The van der Waals surface area contributed by atoms with Crippen LogP contribution in [0.1, 0.15) is 45.4 Å². The maximum atomic E-state index is 5.85. The van der Waals surface area contributed by atoms with E-state index >= 15 is 0 Å². The van der Waals surface area contributed by atoms with Crippen LogP contribution in [-0.2, 0) is 4.74 Å². The average Bonchev–Trinajstić information content (AvgIpc) is 2.35. The molecule has 0 aliphatic carbocycles. The summed E-state index contributed by atoms with van der Waals surface area (Å²) in [6.07, 6.45) is 8.23. The van der Waals surface area contributed by atoms with Crippen molar-refractivity contribution in [2.45, 2.75) is 57.6 Å². The first-order valence-corrected chi connectivity index (χ1v) is 7.46. The molecule has 2 unspecified atom stereocenters. The number of nitrogens with zero attached hydrogens (tertiary/aromatic N) is 1. The Labute approximate surface area is 106 Å². The van der Waals surface area contributed by atoms with Crippen LogP contribution in [0.2, 0.25) is 0 Å². The third-order valence-corrected chi connectivity index (χ3v) is 4.11. The second kappa shape index (κ2) is 7.34. The standard InChI is InChI=1S/C14H28N2O/c1-2-13-7-10-16(9-5-8-15-13)12-14-6-3-4-11-17-14/h13-15H,2-12H2,1H3. The zero-order valence-corrected chi connectivity index (χ0v) is 11.3. The summed E-state index contributed by atoms with van der Waals surface area (Å²) >= 11 is 0. The highest BCUT2D eigenvalue weighted by atomic mass is 16.5. The van der Waals surface area contributed by atoms with Gasteiger partial charge >= 0.3 is 0 Å². The summed E-state index contributed by atoms with van der Waals surface area (Å²) in [7, 11) is 0. The summed E-state index contributed by atoms with van der Waals surface area (Å²) in [6.45, 7) is 8.09. The largest absolute Gasteiger partial charge is 0.377 e. The molecular weight excluding hydrogens is 212 g/mol. The van der Waals surface area contributed by atoms with Crippen LogP contribution >= 0.6 is 0 Å². The van der Waals surface area contributed by atoms with Crippen molar-refractivity contribution < 1.29 is 4.74 Å². The Balaban J connectivity index is 1.74. The summed E-state index contributed by atoms with van der Waals surface area (Å²) in [5.41, 5.74) is 0. The van der Waals surface area contributed by atoms with Crippen LogP contribution < -0.4 is 5.32 Å². The first-order valence-electron chi connectivity index (χ1n) is 7.46. The van der Waals surface area contributed by atoms with Crippen LogP contribution in [0.5, 0.6) is 0 Å². The molecule has 2 heterocycles. The monoisotopic (exact) mass is 240 g/mol. The second-order valence-corrected chi connectivity index (χ2v) is 5.49. The fraction of sp³-hybridized carbons (Fsp3) is 1.00. The molecule has 0 aromatic carbocycles. The smallest absolute Gasteiger partial charge is 0.0702 e. The minimum atomic E-state index is 0.510. The molecule has 0 amide bonds. The lowest BCUT2D eigenvalue weighted by atomic mass is 10.1. The van der Waals surface area contributed by atoms with E-state index < -0.39 is 0 Å². The predicted molar refractivity (Wildman–Crippen MR) is 71.3 cm³/mol. The topological polar surface area (TPSA) is 24.5 Å². The van der Waals surface area contributed by atoms with Gasteiger partial charge in [0.25, 0.3) is 0 Å². The van der Waals surface area contributed by atoms with Gasteiger partial charge in [-0.2, -0.15) is 0 Å². The van der Waals surface area contributed by atoms with Gasteiger partial charge in [0.2, 0.25) is 0 Å². The van der Waals surface area contributed by atoms with Gasteiger partial charge < -0.3 is 15.0 Å². The van der Waals surface area contributed by atoms with Crippen LogP contribution in [-0.4, -0.2) is 49.8 Å². The van der Waals surface area contributed by atoms with Gasteiger partial charge in [-0.3, -0.25) is 0 Å². The number of hydrogen-bond donors (Lipinski definition) is 1. The second-order valence-electron chi connectivity index (χ2n) is 5.49. The highest BCUT2D eigenvalue weighted by Gasteiger charge is 2.19. The number of rotatable bonds is 3. The van der Waals surface area contributed by atoms with E-state index in [0.717, 1.165) is 19.2 Å². The molecule has 0 bridgehead atoms. The van der Waals surface area contributed by atoms with Crippen LogP contribution in [0.3, 0.4) is 0 Å². The highest BCUT2D eigenvalue weighted by Crippen LogP contribution is 2.15. The van der Waals surface area contributed by atoms with Crippen LogP contribution in [0.4, 0.5) is 0 Å². The van der Waals surface area contributed by atoms with Crippen molar-refractivity contribution in [3.05, 3.63) is 0 Å². The van der Waals surface area contributed by atoms with Gasteiger partial charge in [0, 0.05) is 19.2 Å². The quantitative estimate of drug-likeness (QED) is 0.817. The Kier molecular flexibility index (Phi) is 5.75. The van der Waals surface area contributed by atoms with Crippen molar-refractivity contribution in [1.82, 2.24) is 10.2 Å². The Morgan fingerprint density at radius 2 is 2.12 bits per heavy atom. The molecule has 2 saturated heterocycles. The molecule has 100 valence electrons. The lowest BCUT2D eigenvalue weighted by Gasteiger charge is -2.32. The molecule has 3 nitrogen and oxygen atoms in total. The lowest BCUT2D eigenvalue weighted by Crippen LogP contribution is -2.43. The van der Waals surface area contributed by atoms with Gasteiger partial charge in [0.1, 0.15) is 0 Å². The molecule has 0 spiro atoms. The van der Waals surface area contributed by atoms with E-state index in [9.17, 15) is 0 Å². The Bertz CT molecular complexity index is 204. The third-order valence-electron chi connectivity index (χ3n) is 4.11. The summed E-state index contributed by atoms with van der Waals surface area (Å²) in [5, 5.41) is 3.64. The predicted octanol–water partition coefficient (Wildman–Crippen LogP) is 2.02. The summed E-state index contributed by atoms with van der Waals surface area (Å²) in [4.78, 5) is 2.62. The molecule has 1 N–H and O–H groups in total. The number of hydrogen-bond acceptors (Lipinski definition) is 3. The van der Waals surface area contributed by atoms with Crippen molar-refractivity contribution in [2.75, 3.05) is 32.8 Å². The molecule has 2 rings (SSSR count). The maximum absolute atomic E-state index is 5.85. The minimum Gasteiger partial charge on any atom is -0.377 e. The van der Waals surface area contributed by atoms with E-state index in [1.54, 1.807) is 0 Å². The van der Waals surface area contributed by atoms with Gasteiger partial charge in [-0.1, -0.05) is 6.92 Å². The molecule has 2 fully saturated rings. The first-order chi connectivity index (χ1) is 8.38. The Hall–Kier alpha value is -0.120. The van der Waals surface area contributed by atoms with Crippen molar-refractivity contribution in [3.63, 3.8) is 0 Å². The van der Waals surface area contributed by atoms with Crippen LogP contribution in [0.25, 0.3) is 0 Å². The fourth-order valence-electron chi connectivity index (χ4n) is 2.93. The highest BCUT2D eigenvalue weighted by molar-refractivity contribution is 4.75. The van der Waals surface area contributed by atoms with E-state index in [4.69, 9.17) is 4.74 Å². The molecule has 0 radical (unpaired) electrons. The third kappa shape index (κ3) is 4.57.